The predicted octanol–water partition coefficient (Wildman–Crippen LogP) is 0.00530. The molecular formula is C11H22N2O3S. The van der Waals surface area contributed by atoms with Crippen molar-refractivity contribution in [2.45, 2.75) is 38.0 Å². The lowest BCUT2D eigenvalue weighted by Crippen LogP contribution is -2.52. The summed E-state index contributed by atoms with van der Waals surface area (Å²) in [5, 5.41) is -0.950. The highest BCUT2D eigenvalue weighted by Gasteiger charge is 2.33. The van der Waals surface area contributed by atoms with Crippen LogP contribution in [0.2, 0.25) is 0 Å². The summed E-state index contributed by atoms with van der Waals surface area (Å²) in [6.45, 7) is 4.64. The number of hydrogen-bond acceptors (Lipinski definition) is 4. The Morgan fingerprint density at radius 3 is 2.59 bits per heavy atom. The van der Waals surface area contributed by atoms with E-state index in [2.05, 4.69) is 0 Å². The van der Waals surface area contributed by atoms with Crippen molar-refractivity contribution < 1.29 is 13.2 Å². The first kappa shape index (κ1) is 14.4. The minimum absolute atomic E-state index is 0.123. The van der Waals surface area contributed by atoms with Crippen LogP contribution in [0.15, 0.2) is 0 Å². The summed E-state index contributed by atoms with van der Waals surface area (Å²) < 4.78 is 22.7. The van der Waals surface area contributed by atoms with E-state index >= 15 is 0 Å². The zero-order valence-corrected chi connectivity index (χ0v) is 11.5. The van der Waals surface area contributed by atoms with E-state index in [1.54, 1.807) is 4.90 Å². The average Bonchev–Trinajstić information content (AvgIpc) is 2.26. The molecule has 6 heteroatoms. The van der Waals surface area contributed by atoms with Gasteiger partial charge in [0.1, 0.15) is 5.25 Å². The highest BCUT2D eigenvalue weighted by Crippen LogP contribution is 2.20. The van der Waals surface area contributed by atoms with Crippen molar-refractivity contribution in [3.05, 3.63) is 0 Å². The van der Waals surface area contributed by atoms with Gasteiger partial charge in [-0.15, -0.1) is 0 Å². The second-order valence-electron chi connectivity index (χ2n) is 4.88. The lowest BCUT2D eigenvalue weighted by atomic mass is 9.90. The maximum absolute atomic E-state index is 12.0. The Morgan fingerprint density at radius 2 is 2.12 bits per heavy atom. The van der Waals surface area contributed by atoms with Crippen molar-refractivity contribution >= 4 is 15.7 Å². The first-order chi connectivity index (χ1) is 7.77. The number of rotatable bonds is 3. The minimum Gasteiger partial charge on any atom is -0.341 e. The van der Waals surface area contributed by atoms with E-state index in [-0.39, 0.29) is 17.9 Å². The first-order valence-electron chi connectivity index (χ1n) is 6.00. The van der Waals surface area contributed by atoms with E-state index in [0.29, 0.717) is 13.1 Å². The molecule has 3 atom stereocenters. The van der Waals surface area contributed by atoms with Crippen LogP contribution in [0.1, 0.15) is 26.7 Å². The fourth-order valence-electron chi connectivity index (χ4n) is 2.12. The van der Waals surface area contributed by atoms with Gasteiger partial charge < -0.3 is 10.6 Å². The Bertz CT molecular complexity index is 380. The summed E-state index contributed by atoms with van der Waals surface area (Å²) in [5.74, 6) is -0.0164. The van der Waals surface area contributed by atoms with Crippen LogP contribution in [-0.2, 0) is 14.6 Å². The predicted molar refractivity (Wildman–Crippen MR) is 67.3 cm³/mol. The lowest BCUT2D eigenvalue weighted by Gasteiger charge is -2.37. The summed E-state index contributed by atoms with van der Waals surface area (Å²) in [6.07, 6.45) is 2.77. The molecule has 100 valence electrons. The van der Waals surface area contributed by atoms with E-state index < -0.39 is 15.1 Å². The molecule has 3 unspecified atom stereocenters. The summed E-state index contributed by atoms with van der Waals surface area (Å²) >= 11 is 0. The third-order valence-electron chi connectivity index (χ3n) is 3.62. The van der Waals surface area contributed by atoms with Crippen LogP contribution in [0.4, 0.5) is 0 Å². The first-order valence-corrected chi connectivity index (χ1v) is 7.96. The molecule has 0 aromatic carbocycles. The number of nitrogens with zero attached hydrogens (tertiary/aromatic N) is 1. The van der Waals surface area contributed by atoms with Gasteiger partial charge in [0.15, 0.2) is 9.84 Å². The molecule has 1 saturated heterocycles. The van der Waals surface area contributed by atoms with Gasteiger partial charge in [0, 0.05) is 25.4 Å². The number of hydrogen-bond donors (Lipinski definition) is 1. The van der Waals surface area contributed by atoms with E-state index in [9.17, 15) is 13.2 Å². The zero-order chi connectivity index (χ0) is 13.2. The molecule has 1 rings (SSSR count). The summed E-state index contributed by atoms with van der Waals surface area (Å²) in [5.41, 5.74) is 5.96. The fourth-order valence-corrected chi connectivity index (χ4v) is 2.64. The van der Waals surface area contributed by atoms with E-state index in [1.165, 1.54) is 6.92 Å². The summed E-state index contributed by atoms with van der Waals surface area (Å²) in [4.78, 5) is 13.7. The molecule has 1 amide bonds. The van der Waals surface area contributed by atoms with Crippen LogP contribution >= 0.6 is 0 Å². The molecule has 1 fully saturated rings. The molecule has 0 aromatic heterocycles. The average molecular weight is 262 g/mol. The van der Waals surface area contributed by atoms with Crippen LogP contribution in [0.5, 0.6) is 0 Å². The maximum Gasteiger partial charge on any atom is 0.240 e. The molecule has 1 aliphatic heterocycles. The second-order valence-corrected chi connectivity index (χ2v) is 7.24. The van der Waals surface area contributed by atoms with E-state index in [4.69, 9.17) is 5.73 Å². The van der Waals surface area contributed by atoms with E-state index in [1.807, 2.05) is 6.92 Å². The Morgan fingerprint density at radius 1 is 1.53 bits per heavy atom. The van der Waals surface area contributed by atoms with Crippen LogP contribution in [0.3, 0.4) is 0 Å². The molecular weight excluding hydrogens is 240 g/mol. The third-order valence-corrected chi connectivity index (χ3v) is 5.10. The molecule has 0 aliphatic carbocycles. The van der Waals surface area contributed by atoms with Gasteiger partial charge in [-0.3, -0.25) is 4.79 Å². The van der Waals surface area contributed by atoms with Crippen LogP contribution in [0, 0.1) is 5.92 Å². The molecule has 0 bridgehead atoms. The van der Waals surface area contributed by atoms with Crippen LogP contribution < -0.4 is 5.73 Å². The highest BCUT2D eigenvalue weighted by atomic mass is 32.2. The molecule has 0 spiro atoms. The van der Waals surface area contributed by atoms with Crippen molar-refractivity contribution in [3.63, 3.8) is 0 Å². The van der Waals surface area contributed by atoms with Crippen molar-refractivity contribution in [3.8, 4) is 0 Å². The molecule has 5 nitrogen and oxygen atoms in total. The topological polar surface area (TPSA) is 80.5 Å². The van der Waals surface area contributed by atoms with E-state index in [0.717, 1.165) is 19.1 Å². The number of piperidine rings is 1. The monoisotopic (exact) mass is 262 g/mol. The van der Waals surface area contributed by atoms with Gasteiger partial charge in [0.25, 0.3) is 0 Å². The number of carbonyl (C=O) groups is 1. The van der Waals surface area contributed by atoms with Gasteiger partial charge in [0.05, 0.1) is 0 Å². The van der Waals surface area contributed by atoms with Crippen molar-refractivity contribution in [2.24, 2.45) is 11.7 Å². The van der Waals surface area contributed by atoms with Crippen molar-refractivity contribution in [1.82, 2.24) is 4.90 Å². The van der Waals surface area contributed by atoms with Crippen molar-refractivity contribution in [2.75, 3.05) is 19.3 Å². The SMILES string of the molecule is CCC1CN(C(=O)C(C)S(C)(=O)=O)CCC1N. The molecule has 0 aromatic rings. The number of amides is 1. The lowest BCUT2D eigenvalue weighted by molar-refractivity contribution is -0.132. The number of sulfone groups is 1. The Balaban J connectivity index is 2.72. The second kappa shape index (κ2) is 5.35. The fraction of sp³-hybridized carbons (Fsp3) is 0.909. The summed E-state index contributed by atoms with van der Waals surface area (Å²) in [6, 6.07) is 0.123. The molecule has 1 heterocycles. The van der Waals surface area contributed by atoms with Gasteiger partial charge in [-0.05, 0) is 19.3 Å². The highest BCUT2D eigenvalue weighted by molar-refractivity contribution is 7.92. The zero-order valence-electron chi connectivity index (χ0n) is 10.7. The van der Waals surface area contributed by atoms with Gasteiger partial charge >= 0.3 is 0 Å². The maximum atomic E-state index is 12.0. The quantitative estimate of drug-likeness (QED) is 0.776. The molecule has 0 saturated carbocycles. The van der Waals surface area contributed by atoms with Gasteiger partial charge in [-0.2, -0.15) is 0 Å². The molecule has 17 heavy (non-hydrogen) atoms. The van der Waals surface area contributed by atoms with Crippen molar-refractivity contribution in [1.29, 1.82) is 0 Å². The molecule has 0 radical (unpaired) electrons. The van der Waals surface area contributed by atoms with Crippen LogP contribution in [-0.4, -0.2) is 49.9 Å². The standard InChI is InChI=1S/C11H22N2O3S/c1-4-9-7-13(6-5-10(9)12)11(14)8(2)17(3,15)16/h8-10H,4-7,12H2,1-3H3. The Labute approximate surface area is 103 Å². The smallest absolute Gasteiger partial charge is 0.240 e. The minimum atomic E-state index is -3.31. The van der Waals surface area contributed by atoms with Crippen LogP contribution in [0.25, 0.3) is 0 Å². The largest absolute Gasteiger partial charge is 0.341 e. The summed E-state index contributed by atoms with van der Waals surface area (Å²) in [7, 11) is -3.31. The van der Waals surface area contributed by atoms with Gasteiger partial charge in [0.2, 0.25) is 5.91 Å². The number of carbonyl (C=O) groups excluding carboxylic acids is 1. The Kier molecular flexibility index (Phi) is 4.55. The molecule has 1 aliphatic rings. The third kappa shape index (κ3) is 3.42. The normalized spacial score (nSPS) is 27.9. The van der Waals surface area contributed by atoms with Gasteiger partial charge in [-0.1, -0.05) is 13.3 Å². The number of likely N-dealkylation sites (tertiary alicyclic amines) is 1. The Hall–Kier alpha value is -0.620. The van der Waals surface area contributed by atoms with Gasteiger partial charge in [-0.25, -0.2) is 8.42 Å². The number of nitrogens with two attached hydrogens (primary N) is 1. The molecule has 2 N–H and O–H groups in total.